The lowest BCUT2D eigenvalue weighted by Gasteiger charge is -2.25. The first-order valence-electron chi connectivity index (χ1n) is 7.79. The summed E-state index contributed by atoms with van der Waals surface area (Å²) in [6, 6.07) is 9.79. The van der Waals surface area contributed by atoms with E-state index in [4.69, 9.17) is 4.74 Å². The number of hydrogen-bond acceptors (Lipinski definition) is 3. The first kappa shape index (κ1) is 14.1. The Balaban J connectivity index is 1.69. The molecule has 1 aliphatic heterocycles. The van der Waals surface area contributed by atoms with E-state index in [9.17, 15) is 9.59 Å². The minimum Gasteiger partial charge on any atom is -0.457 e. The smallest absolute Gasteiger partial charge is 0.307 e. The molecule has 1 saturated heterocycles. The van der Waals surface area contributed by atoms with Crippen molar-refractivity contribution in [3.63, 3.8) is 0 Å². The molecular formula is C17H21NO3. The van der Waals surface area contributed by atoms with Crippen molar-refractivity contribution in [2.45, 2.75) is 50.7 Å². The number of carbonyl (C=O) groups is 2. The van der Waals surface area contributed by atoms with Crippen molar-refractivity contribution in [2.75, 3.05) is 0 Å². The highest BCUT2D eigenvalue weighted by Gasteiger charge is 2.41. The maximum atomic E-state index is 12.5. The topological polar surface area (TPSA) is 55.4 Å². The van der Waals surface area contributed by atoms with E-state index in [0.717, 1.165) is 18.4 Å². The van der Waals surface area contributed by atoms with Gasteiger partial charge in [0.25, 0.3) is 0 Å². The molecule has 4 heteroatoms. The van der Waals surface area contributed by atoms with Crippen molar-refractivity contribution in [2.24, 2.45) is 5.92 Å². The largest absolute Gasteiger partial charge is 0.457 e. The van der Waals surface area contributed by atoms with E-state index < -0.39 is 12.0 Å². The normalized spacial score (nSPS) is 26.4. The van der Waals surface area contributed by atoms with Crippen LogP contribution in [0.15, 0.2) is 30.3 Å². The lowest BCUT2D eigenvalue weighted by molar-refractivity contribution is -0.141. The standard InChI is InChI=1S/C17H21NO3/c19-15-11-14(16(21-15)12-7-3-1-4-8-12)17(20)18-13-9-5-2-6-10-13/h1,3-4,7-8,13-14,16H,2,5-6,9-11H2,(H,18,20)/t14-,16+/m0/s1. The van der Waals surface area contributed by atoms with Gasteiger partial charge in [-0.15, -0.1) is 0 Å². The van der Waals surface area contributed by atoms with Gasteiger partial charge in [0, 0.05) is 6.04 Å². The Hall–Kier alpha value is -1.84. The maximum Gasteiger partial charge on any atom is 0.307 e. The van der Waals surface area contributed by atoms with Crippen LogP contribution in [0.1, 0.15) is 50.2 Å². The average Bonchev–Trinajstić information content (AvgIpc) is 2.91. The van der Waals surface area contributed by atoms with Gasteiger partial charge < -0.3 is 10.1 Å². The fourth-order valence-electron chi connectivity index (χ4n) is 3.29. The molecule has 1 aromatic carbocycles. The summed E-state index contributed by atoms with van der Waals surface area (Å²) in [6.45, 7) is 0. The number of amides is 1. The van der Waals surface area contributed by atoms with Crippen LogP contribution in [0.2, 0.25) is 0 Å². The Morgan fingerprint density at radius 3 is 2.52 bits per heavy atom. The summed E-state index contributed by atoms with van der Waals surface area (Å²) >= 11 is 0. The second-order valence-electron chi connectivity index (χ2n) is 5.98. The minimum absolute atomic E-state index is 0.0402. The maximum absolute atomic E-state index is 12.5. The van der Waals surface area contributed by atoms with Gasteiger partial charge >= 0.3 is 5.97 Å². The fourth-order valence-corrected chi connectivity index (χ4v) is 3.29. The van der Waals surface area contributed by atoms with Gasteiger partial charge in [0.1, 0.15) is 6.10 Å². The predicted octanol–water partition coefficient (Wildman–Crippen LogP) is 2.74. The summed E-state index contributed by atoms with van der Waals surface area (Å²) in [5, 5.41) is 3.11. The van der Waals surface area contributed by atoms with Crippen LogP contribution in [0.5, 0.6) is 0 Å². The zero-order valence-corrected chi connectivity index (χ0v) is 12.1. The second-order valence-corrected chi connectivity index (χ2v) is 5.98. The van der Waals surface area contributed by atoms with Gasteiger partial charge in [0.05, 0.1) is 12.3 Å². The molecular weight excluding hydrogens is 266 g/mol. The van der Waals surface area contributed by atoms with Crippen LogP contribution in [0.3, 0.4) is 0 Å². The average molecular weight is 287 g/mol. The highest BCUT2D eigenvalue weighted by Crippen LogP contribution is 2.35. The van der Waals surface area contributed by atoms with Crippen LogP contribution in [-0.2, 0) is 14.3 Å². The third-order valence-electron chi connectivity index (χ3n) is 4.43. The Labute approximate surface area is 124 Å². The molecule has 1 saturated carbocycles. The van der Waals surface area contributed by atoms with Gasteiger partial charge in [-0.3, -0.25) is 9.59 Å². The second kappa shape index (κ2) is 6.29. The Morgan fingerprint density at radius 1 is 1.10 bits per heavy atom. The van der Waals surface area contributed by atoms with E-state index in [1.165, 1.54) is 19.3 Å². The predicted molar refractivity (Wildman–Crippen MR) is 78.4 cm³/mol. The van der Waals surface area contributed by atoms with Crippen LogP contribution < -0.4 is 5.32 Å². The number of cyclic esters (lactones) is 1. The third kappa shape index (κ3) is 3.26. The molecule has 1 aromatic rings. The molecule has 2 aliphatic rings. The van der Waals surface area contributed by atoms with Crippen molar-refractivity contribution in [3.05, 3.63) is 35.9 Å². The van der Waals surface area contributed by atoms with Gasteiger partial charge in [-0.05, 0) is 18.4 Å². The number of carbonyl (C=O) groups excluding carboxylic acids is 2. The number of nitrogens with one attached hydrogen (secondary N) is 1. The summed E-state index contributed by atoms with van der Waals surface area (Å²) in [7, 11) is 0. The highest BCUT2D eigenvalue weighted by molar-refractivity contribution is 5.87. The highest BCUT2D eigenvalue weighted by atomic mass is 16.6. The first-order chi connectivity index (χ1) is 10.2. The molecule has 1 N–H and O–H groups in total. The summed E-state index contributed by atoms with van der Waals surface area (Å²) in [6.07, 6.45) is 5.43. The van der Waals surface area contributed by atoms with Gasteiger partial charge in [0.2, 0.25) is 5.91 Å². The quantitative estimate of drug-likeness (QED) is 0.870. The summed E-state index contributed by atoms with van der Waals surface area (Å²) in [4.78, 5) is 24.1. The Bertz CT molecular complexity index is 508. The molecule has 0 bridgehead atoms. The molecule has 1 amide bonds. The van der Waals surface area contributed by atoms with E-state index in [1.807, 2.05) is 30.3 Å². The van der Waals surface area contributed by atoms with Crippen LogP contribution in [0.4, 0.5) is 0 Å². The van der Waals surface area contributed by atoms with Gasteiger partial charge in [-0.1, -0.05) is 49.6 Å². The Kier molecular flexibility index (Phi) is 4.23. The van der Waals surface area contributed by atoms with E-state index in [2.05, 4.69) is 5.32 Å². The van der Waals surface area contributed by atoms with Gasteiger partial charge in [-0.2, -0.15) is 0 Å². The van der Waals surface area contributed by atoms with Gasteiger partial charge in [0.15, 0.2) is 0 Å². The first-order valence-corrected chi connectivity index (χ1v) is 7.79. The van der Waals surface area contributed by atoms with E-state index >= 15 is 0 Å². The zero-order chi connectivity index (χ0) is 14.7. The fraction of sp³-hybridized carbons (Fsp3) is 0.529. The monoisotopic (exact) mass is 287 g/mol. The summed E-state index contributed by atoms with van der Waals surface area (Å²) in [5.41, 5.74) is 0.896. The molecule has 0 spiro atoms. The number of esters is 1. The van der Waals surface area contributed by atoms with E-state index in [1.54, 1.807) is 0 Å². The van der Waals surface area contributed by atoms with Crippen molar-refractivity contribution < 1.29 is 14.3 Å². The third-order valence-corrected chi connectivity index (χ3v) is 4.43. The number of ether oxygens (including phenoxy) is 1. The Morgan fingerprint density at radius 2 is 1.81 bits per heavy atom. The lowest BCUT2D eigenvalue weighted by atomic mass is 9.92. The summed E-state index contributed by atoms with van der Waals surface area (Å²) in [5.74, 6) is -0.726. The number of rotatable bonds is 3. The molecule has 0 radical (unpaired) electrons. The molecule has 2 fully saturated rings. The zero-order valence-electron chi connectivity index (χ0n) is 12.1. The van der Waals surface area contributed by atoms with Crippen LogP contribution in [-0.4, -0.2) is 17.9 Å². The van der Waals surface area contributed by atoms with E-state index in [-0.39, 0.29) is 24.3 Å². The van der Waals surface area contributed by atoms with Crippen molar-refractivity contribution in [1.29, 1.82) is 0 Å². The molecule has 112 valence electrons. The molecule has 0 unspecified atom stereocenters. The van der Waals surface area contributed by atoms with Crippen molar-refractivity contribution in [1.82, 2.24) is 5.32 Å². The molecule has 3 rings (SSSR count). The SMILES string of the molecule is O=C1C[C@H](C(=O)NC2CCCCC2)[C@@H](c2ccccc2)O1. The molecule has 0 aromatic heterocycles. The number of benzene rings is 1. The van der Waals surface area contributed by atoms with Crippen LogP contribution in [0, 0.1) is 5.92 Å². The van der Waals surface area contributed by atoms with E-state index in [0.29, 0.717) is 0 Å². The molecule has 4 nitrogen and oxygen atoms in total. The lowest BCUT2D eigenvalue weighted by Crippen LogP contribution is -2.40. The summed E-state index contributed by atoms with van der Waals surface area (Å²) < 4.78 is 5.37. The van der Waals surface area contributed by atoms with Crippen LogP contribution >= 0.6 is 0 Å². The number of hydrogen-bond donors (Lipinski definition) is 1. The molecule has 2 atom stereocenters. The van der Waals surface area contributed by atoms with Crippen molar-refractivity contribution in [3.8, 4) is 0 Å². The minimum atomic E-state index is -0.442. The van der Waals surface area contributed by atoms with Crippen molar-refractivity contribution >= 4 is 11.9 Å². The van der Waals surface area contributed by atoms with Gasteiger partial charge in [-0.25, -0.2) is 0 Å². The van der Waals surface area contributed by atoms with Crippen LogP contribution in [0.25, 0.3) is 0 Å². The molecule has 1 aliphatic carbocycles. The molecule has 1 heterocycles. The molecule has 21 heavy (non-hydrogen) atoms.